The smallest absolute Gasteiger partial charge is 0.270 e. The lowest BCUT2D eigenvalue weighted by molar-refractivity contribution is 0.0949. The summed E-state index contributed by atoms with van der Waals surface area (Å²) < 4.78 is 13.0. The highest BCUT2D eigenvalue weighted by Crippen LogP contribution is 2.23. The summed E-state index contributed by atoms with van der Waals surface area (Å²) in [4.78, 5) is 23.6. The van der Waals surface area contributed by atoms with Gasteiger partial charge in [0.2, 0.25) is 5.95 Å². The highest BCUT2D eigenvalue weighted by molar-refractivity contribution is 5.92. The van der Waals surface area contributed by atoms with Crippen LogP contribution in [0.25, 0.3) is 0 Å². The van der Waals surface area contributed by atoms with Gasteiger partial charge in [-0.3, -0.25) is 4.79 Å². The fraction of sp³-hybridized carbons (Fsp3) is 0.261. The summed E-state index contributed by atoms with van der Waals surface area (Å²) in [6.07, 6.45) is 0.618. The van der Waals surface area contributed by atoms with Crippen LogP contribution in [0.15, 0.2) is 54.6 Å². The molecule has 1 N–H and O–H groups in total. The number of hydrogen-bond donors (Lipinski definition) is 1. The van der Waals surface area contributed by atoms with Crippen LogP contribution in [0, 0.1) is 19.7 Å². The molecule has 1 heterocycles. The average molecular weight is 392 g/mol. The van der Waals surface area contributed by atoms with E-state index in [1.54, 1.807) is 18.2 Å². The molecule has 150 valence electrons. The maximum atomic E-state index is 13.0. The molecule has 1 amide bonds. The van der Waals surface area contributed by atoms with Gasteiger partial charge in [-0.05, 0) is 68.7 Å². The second-order valence-electron chi connectivity index (χ2n) is 6.91. The molecule has 1 aromatic heterocycles. The summed E-state index contributed by atoms with van der Waals surface area (Å²) in [5, 5.41) is 2.88. The molecule has 3 rings (SSSR count). The Morgan fingerprint density at radius 3 is 2.52 bits per heavy atom. The van der Waals surface area contributed by atoms with E-state index in [9.17, 15) is 9.18 Å². The van der Waals surface area contributed by atoms with E-state index < -0.39 is 0 Å². The van der Waals surface area contributed by atoms with Gasteiger partial charge in [0.15, 0.2) is 0 Å². The number of rotatable bonds is 7. The molecule has 0 bridgehead atoms. The van der Waals surface area contributed by atoms with Crippen LogP contribution in [0.5, 0.6) is 0 Å². The predicted octanol–water partition coefficient (Wildman–Crippen LogP) is 4.36. The van der Waals surface area contributed by atoms with Crippen molar-refractivity contribution in [3.8, 4) is 0 Å². The number of nitrogens with one attached hydrogen (secondary N) is 1. The van der Waals surface area contributed by atoms with Crippen molar-refractivity contribution < 1.29 is 9.18 Å². The van der Waals surface area contributed by atoms with Gasteiger partial charge in [0, 0.05) is 24.5 Å². The lowest BCUT2D eigenvalue weighted by Crippen LogP contribution is -2.28. The number of halogens is 1. The van der Waals surface area contributed by atoms with Crippen molar-refractivity contribution in [2.24, 2.45) is 0 Å². The highest BCUT2D eigenvalue weighted by Gasteiger charge is 2.15. The van der Waals surface area contributed by atoms with E-state index in [0.717, 1.165) is 22.5 Å². The molecular weight excluding hydrogens is 367 g/mol. The third-order valence-corrected chi connectivity index (χ3v) is 4.56. The van der Waals surface area contributed by atoms with Crippen molar-refractivity contribution in [1.82, 2.24) is 15.3 Å². The SMILES string of the molecule is CCN(c1cccc(C)c1)c1nc(C)cc(C(=O)NCCc2ccc(F)cc2)n1. The summed E-state index contributed by atoms with van der Waals surface area (Å²) in [5.41, 5.74) is 4.15. The molecule has 0 aliphatic carbocycles. The van der Waals surface area contributed by atoms with E-state index in [1.165, 1.54) is 12.1 Å². The van der Waals surface area contributed by atoms with Gasteiger partial charge in [0.1, 0.15) is 11.5 Å². The number of carbonyl (C=O) groups is 1. The number of nitrogens with zero attached hydrogens (tertiary/aromatic N) is 3. The van der Waals surface area contributed by atoms with E-state index in [1.807, 2.05) is 43.9 Å². The molecule has 0 spiro atoms. The number of amides is 1. The van der Waals surface area contributed by atoms with Gasteiger partial charge in [0.25, 0.3) is 5.91 Å². The molecule has 0 aliphatic heterocycles. The van der Waals surface area contributed by atoms with Gasteiger partial charge in [-0.25, -0.2) is 14.4 Å². The van der Waals surface area contributed by atoms with Crippen molar-refractivity contribution >= 4 is 17.5 Å². The molecule has 3 aromatic rings. The van der Waals surface area contributed by atoms with Crippen LogP contribution in [0.1, 0.15) is 34.2 Å². The Hall–Kier alpha value is -3.28. The Morgan fingerprint density at radius 1 is 1.07 bits per heavy atom. The third kappa shape index (κ3) is 5.38. The maximum Gasteiger partial charge on any atom is 0.270 e. The van der Waals surface area contributed by atoms with Crippen LogP contribution in [0.2, 0.25) is 0 Å². The quantitative estimate of drug-likeness (QED) is 0.649. The maximum absolute atomic E-state index is 13.0. The zero-order valence-corrected chi connectivity index (χ0v) is 16.9. The predicted molar refractivity (Wildman–Crippen MR) is 113 cm³/mol. The van der Waals surface area contributed by atoms with Crippen molar-refractivity contribution in [2.45, 2.75) is 27.2 Å². The van der Waals surface area contributed by atoms with Crippen molar-refractivity contribution in [2.75, 3.05) is 18.0 Å². The summed E-state index contributed by atoms with van der Waals surface area (Å²) in [6.45, 7) is 7.03. The lowest BCUT2D eigenvalue weighted by atomic mass is 10.1. The standard InChI is InChI=1S/C23H25FN4O/c1-4-28(20-7-5-6-16(2)14-20)23-26-17(3)15-21(27-23)22(29)25-13-12-18-8-10-19(24)11-9-18/h5-11,14-15H,4,12-13H2,1-3H3,(H,25,29). The fourth-order valence-corrected chi connectivity index (χ4v) is 3.09. The average Bonchev–Trinajstić information content (AvgIpc) is 2.70. The van der Waals surface area contributed by atoms with E-state index in [0.29, 0.717) is 31.2 Å². The molecule has 6 heteroatoms. The number of benzene rings is 2. The fourth-order valence-electron chi connectivity index (χ4n) is 3.09. The number of hydrogen-bond acceptors (Lipinski definition) is 4. The van der Waals surface area contributed by atoms with Crippen molar-refractivity contribution in [3.05, 3.63) is 82.9 Å². The topological polar surface area (TPSA) is 58.1 Å². The van der Waals surface area contributed by atoms with Crippen molar-refractivity contribution in [1.29, 1.82) is 0 Å². The Labute approximate surface area is 170 Å². The first-order chi connectivity index (χ1) is 14.0. The molecule has 29 heavy (non-hydrogen) atoms. The lowest BCUT2D eigenvalue weighted by Gasteiger charge is -2.22. The minimum absolute atomic E-state index is 0.251. The summed E-state index contributed by atoms with van der Waals surface area (Å²) >= 11 is 0. The zero-order chi connectivity index (χ0) is 20.8. The summed E-state index contributed by atoms with van der Waals surface area (Å²) in [5.74, 6) is -0.0168. The van der Waals surface area contributed by atoms with Gasteiger partial charge in [-0.2, -0.15) is 0 Å². The molecular formula is C23H25FN4O. The number of aromatic nitrogens is 2. The van der Waals surface area contributed by atoms with Crippen LogP contribution >= 0.6 is 0 Å². The second kappa shape index (κ2) is 9.28. The molecule has 0 aliphatic rings. The summed E-state index contributed by atoms with van der Waals surface area (Å²) in [6, 6.07) is 16.1. The van der Waals surface area contributed by atoms with Gasteiger partial charge in [-0.15, -0.1) is 0 Å². The van der Waals surface area contributed by atoms with Gasteiger partial charge in [-0.1, -0.05) is 24.3 Å². The van der Waals surface area contributed by atoms with Gasteiger partial charge in [0.05, 0.1) is 0 Å². The Morgan fingerprint density at radius 2 is 1.83 bits per heavy atom. The Kier molecular flexibility index (Phi) is 6.54. The van der Waals surface area contributed by atoms with Crippen LogP contribution in [-0.2, 0) is 6.42 Å². The molecule has 2 aromatic carbocycles. The van der Waals surface area contributed by atoms with E-state index in [4.69, 9.17) is 0 Å². The normalized spacial score (nSPS) is 10.6. The Bertz CT molecular complexity index is 988. The largest absolute Gasteiger partial charge is 0.350 e. The molecule has 0 saturated heterocycles. The monoisotopic (exact) mass is 392 g/mol. The molecule has 0 atom stereocenters. The van der Waals surface area contributed by atoms with Crippen molar-refractivity contribution in [3.63, 3.8) is 0 Å². The number of aryl methyl sites for hydroxylation is 2. The molecule has 0 radical (unpaired) electrons. The first-order valence-electron chi connectivity index (χ1n) is 9.69. The van der Waals surface area contributed by atoms with Crippen LogP contribution in [0.4, 0.5) is 16.0 Å². The van der Waals surface area contributed by atoms with E-state index in [2.05, 4.69) is 21.4 Å². The van der Waals surface area contributed by atoms with Gasteiger partial charge < -0.3 is 10.2 Å². The minimum Gasteiger partial charge on any atom is -0.350 e. The number of carbonyl (C=O) groups excluding carboxylic acids is 1. The van der Waals surface area contributed by atoms with E-state index >= 15 is 0 Å². The molecule has 0 unspecified atom stereocenters. The van der Waals surface area contributed by atoms with Crippen LogP contribution in [0.3, 0.4) is 0 Å². The zero-order valence-electron chi connectivity index (χ0n) is 16.9. The first-order valence-corrected chi connectivity index (χ1v) is 9.69. The number of anilines is 2. The second-order valence-corrected chi connectivity index (χ2v) is 6.91. The molecule has 0 saturated carbocycles. The third-order valence-electron chi connectivity index (χ3n) is 4.56. The van der Waals surface area contributed by atoms with Crippen LogP contribution < -0.4 is 10.2 Å². The first kappa shape index (κ1) is 20.5. The summed E-state index contributed by atoms with van der Waals surface area (Å²) in [7, 11) is 0. The minimum atomic E-state index is -0.268. The molecule has 0 fully saturated rings. The molecule has 5 nitrogen and oxygen atoms in total. The van der Waals surface area contributed by atoms with Crippen LogP contribution in [-0.4, -0.2) is 29.0 Å². The highest BCUT2D eigenvalue weighted by atomic mass is 19.1. The Balaban J connectivity index is 1.73. The van der Waals surface area contributed by atoms with E-state index in [-0.39, 0.29) is 11.7 Å². The van der Waals surface area contributed by atoms with Gasteiger partial charge >= 0.3 is 0 Å².